The molecule has 15 heavy (non-hydrogen) atoms. The number of hydrogen-bond donors (Lipinski definition) is 3. The van der Waals surface area contributed by atoms with Crippen LogP contribution >= 0.6 is 49.6 Å². The zero-order valence-electron chi connectivity index (χ0n) is 8.69. The maximum Gasteiger partial charge on any atom is 0.0346 e. The molecule has 6 N–H and O–H groups in total. The summed E-state index contributed by atoms with van der Waals surface area (Å²) in [7, 11) is 0. The van der Waals surface area contributed by atoms with Crippen LogP contribution < -0.4 is 17.2 Å². The molecule has 1 unspecified atom stereocenters. The molecule has 1 atom stereocenters. The van der Waals surface area contributed by atoms with Crippen LogP contribution in [0.15, 0.2) is 0 Å². The summed E-state index contributed by atoms with van der Waals surface area (Å²) in [5.41, 5.74) is 17.3. The lowest BCUT2D eigenvalue weighted by Gasteiger charge is -2.37. The molecule has 0 radical (unpaired) electrons. The first-order valence-corrected chi connectivity index (χ1v) is 4.43. The average Bonchev–Trinajstić information content (AvgIpc) is 2.04. The SMILES string of the molecule is Cl.Cl.Cl.Cl.NCC(N)C1(N)CCCCC1. The van der Waals surface area contributed by atoms with E-state index < -0.39 is 0 Å². The van der Waals surface area contributed by atoms with Crippen molar-refractivity contribution < 1.29 is 0 Å². The highest BCUT2D eigenvalue weighted by Gasteiger charge is 2.32. The molecule has 0 saturated heterocycles. The van der Waals surface area contributed by atoms with Gasteiger partial charge in [-0.05, 0) is 12.8 Å². The second-order valence-electron chi connectivity index (χ2n) is 3.64. The van der Waals surface area contributed by atoms with Crippen LogP contribution in [0.2, 0.25) is 0 Å². The second kappa shape index (κ2) is 11.5. The topological polar surface area (TPSA) is 78.1 Å². The van der Waals surface area contributed by atoms with Crippen molar-refractivity contribution in [3.63, 3.8) is 0 Å². The van der Waals surface area contributed by atoms with Gasteiger partial charge in [-0.3, -0.25) is 0 Å². The minimum absolute atomic E-state index is 0. The number of halogens is 4. The molecule has 3 nitrogen and oxygen atoms in total. The number of hydrogen-bond acceptors (Lipinski definition) is 3. The minimum atomic E-state index is -0.160. The molecule has 1 aliphatic rings. The Morgan fingerprint density at radius 3 is 1.67 bits per heavy atom. The molecule has 1 saturated carbocycles. The predicted molar refractivity (Wildman–Crippen MR) is 76.0 cm³/mol. The summed E-state index contributed by atoms with van der Waals surface area (Å²) in [6, 6.07) is -0.0113. The van der Waals surface area contributed by atoms with Gasteiger partial charge < -0.3 is 17.2 Å². The molecule has 98 valence electrons. The third-order valence-electron chi connectivity index (χ3n) is 2.78. The molecular weight excluding hydrogens is 280 g/mol. The summed E-state index contributed by atoms with van der Waals surface area (Å²) in [6.45, 7) is 0.510. The Bertz CT molecular complexity index is 131. The summed E-state index contributed by atoms with van der Waals surface area (Å²) >= 11 is 0. The van der Waals surface area contributed by atoms with Gasteiger partial charge in [0.05, 0.1) is 0 Å². The molecule has 0 aromatic carbocycles. The van der Waals surface area contributed by atoms with E-state index >= 15 is 0 Å². The van der Waals surface area contributed by atoms with Gasteiger partial charge in [0, 0.05) is 18.1 Å². The van der Waals surface area contributed by atoms with Gasteiger partial charge in [0.2, 0.25) is 0 Å². The van der Waals surface area contributed by atoms with E-state index in [1.54, 1.807) is 0 Å². The van der Waals surface area contributed by atoms with Crippen LogP contribution in [-0.2, 0) is 0 Å². The zero-order chi connectivity index (χ0) is 8.32. The van der Waals surface area contributed by atoms with Crippen LogP contribution in [-0.4, -0.2) is 18.1 Å². The van der Waals surface area contributed by atoms with E-state index in [0.29, 0.717) is 6.54 Å². The second-order valence-corrected chi connectivity index (χ2v) is 3.64. The average molecular weight is 303 g/mol. The quantitative estimate of drug-likeness (QED) is 0.725. The van der Waals surface area contributed by atoms with Crippen molar-refractivity contribution in [2.45, 2.75) is 43.7 Å². The molecule has 0 bridgehead atoms. The van der Waals surface area contributed by atoms with Crippen molar-refractivity contribution in [2.75, 3.05) is 6.54 Å². The van der Waals surface area contributed by atoms with Gasteiger partial charge in [-0.2, -0.15) is 0 Å². The van der Waals surface area contributed by atoms with Gasteiger partial charge in [0.25, 0.3) is 0 Å². The Morgan fingerprint density at radius 1 is 0.933 bits per heavy atom. The fraction of sp³-hybridized carbons (Fsp3) is 1.00. The van der Waals surface area contributed by atoms with Crippen LogP contribution in [0.4, 0.5) is 0 Å². The summed E-state index contributed by atoms with van der Waals surface area (Å²) in [4.78, 5) is 0. The van der Waals surface area contributed by atoms with Crippen LogP contribution in [0.3, 0.4) is 0 Å². The Kier molecular flexibility index (Phi) is 19.2. The zero-order valence-corrected chi connectivity index (χ0v) is 12.0. The van der Waals surface area contributed by atoms with Gasteiger partial charge in [0.1, 0.15) is 0 Å². The third kappa shape index (κ3) is 7.05. The molecule has 0 aromatic heterocycles. The first-order chi connectivity index (χ1) is 5.19. The molecule has 1 fully saturated rings. The predicted octanol–water partition coefficient (Wildman–Crippen LogP) is 1.62. The molecule has 1 aliphatic carbocycles. The highest BCUT2D eigenvalue weighted by molar-refractivity contribution is 5.86. The molecule has 0 amide bonds. The monoisotopic (exact) mass is 301 g/mol. The normalized spacial score (nSPS) is 19.4. The van der Waals surface area contributed by atoms with Gasteiger partial charge in [-0.1, -0.05) is 19.3 Å². The van der Waals surface area contributed by atoms with Crippen LogP contribution in [0.1, 0.15) is 32.1 Å². The van der Waals surface area contributed by atoms with Gasteiger partial charge in [-0.15, -0.1) is 49.6 Å². The van der Waals surface area contributed by atoms with E-state index in [1.165, 1.54) is 19.3 Å². The van der Waals surface area contributed by atoms with Crippen molar-refractivity contribution in [3.05, 3.63) is 0 Å². The first-order valence-electron chi connectivity index (χ1n) is 4.43. The van der Waals surface area contributed by atoms with Gasteiger partial charge >= 0.3 is 0 Å². The summed E-state index contributed by atoms with van der Waals surface area (Å²) in [5.74, 6) is 0. The highest BCUT2D eigenvalue weighted by atomic mass is 35.5. The van der Waals surface area contributed by atoms with E-state index in [1.807, 2.05) is 0 Å². The first kappa shape index (κ1) is 25.0. The molecule has 0 aliphatic heterocycles. The molecule has 0 heterocycles. The Hall–Kier alpha value is 1.04. The van der Waals surface area contributed by atoms with Crippen LogP contribution in [0, 0.1) is 0 Å². The lowest BCUT2D eigenvalue weighted by Crippen LogP contribution is -2.59. The van der Waals surface area contributed by atoms with Crippen molar-refractivity contribution in [1.82, 2.24) is 0 Å². The van der Waals surface area contributed by atoms with E-state index in [2.05, 4.69) is 0 Å². The van der Waals surface area contributed by atoms with E-state index in [9.17, 15) is 0 Å². The van der Waals surface area contributed by atoms with E-state index in [4.69, 9.17) is 17.2 Å². The van der Waals surface area contributed by atoms with Gasteiger partial charge in [0.15, 0.2) is 0 Å². The van der Waals surface area contributed by atoms with Crippen LogP contribution in [0.5, 0.6) is 0 Å². The van der Waals surface area contributed by atoms with Crippen LogP contribution in [0.25, 0.3) is 0 Å². The summed E-state index contributed by atoms with van der Waals surface area (Å²) in [5, 5.41) is 0. The molecule has 7 heteroatoms. The van der Waals surface area contributed by atoms with Gasteiger partial charge in [-0.25, -0.2) is 0 Å². The Labute approximate surface area is 117 Å². The molecule has 1 rings (SSSR count). The standard InChI is InChI=1S/C8H19N3.4ClH/c9-6-7(10)8(11)4-2-1-3-5-8;;;;/h7H,1-6,9-11H2;4*1H. The molecule has 0 aromatic rings. The van der Waals surface area contributed by atoms with Crippen molar-refractivity contribution in [2.24, 2.45) is 17.2 Å². The fourth-order valence-electron chi connectivity index (χ4n) is 1.82. The molecular formula is C8H23Cl4N3. The van der Waals surface area contributed by atoms with Crippen molar-refractivity contribution >= 4 is 49.6 Å². The lowest BCUT2D eigenvalue weighted by molar-refractivity contribution is 0.250. The number of nitrogens with two attached hydrogens (primary N) is 3. The smallest absolute Gasteiger partial charge is 0.0346 e. The minimum Gasteiger partial charge on any atom is -0.329 e. The summed E-state index contributed by atoms with van der Waals surface area (Å²) in [6.07, 6.45) is 5.82. The maximum atomic E-state index is 6.11. The maximum absolute atomic E-state index is 6.11. The largest absolute Gasteiger partial charge is 0.329 e. The third-order valence-corrected chi connectivity index (χ3v) is 2.78. The van der Waals surface area contributed by atoms with E-state index in [0.717, 1.165) is 12.8 Å². The lowest BCUT2D eigenvalue weighted by atomic mass is 9.77. The molecule has 0 spiro atoms. The van der Waals surface area contributed by atoms with Crippen molar-refractivity contribution in [3.8, 4) is 0 Å². The Morgan fingerprint density at radius 2 is 1.33 bits per heavy atom. The van der Waals surface area contributed by atoms with Crippen molar-refractivity contribution in [1.29, 1.82) is 0 Å². The fourth-order valence-corrected chi connectivity index (χ4v) is 1.82. The van der Waals surface area contributed by atoms with E-state index in [-0.39, 0.29) is 61.2 Å². The number of rotatable bonds is 2. The Balaban J connectivity index is -0.000000151. The summed E-state index contributed by atoms with van der Waals surface area (Å²) < 4.78 is 0. The highest BCUT2D eigenvalue weighted by Crippen LogP contribution is 2.27.